The Balaban J connectivity index is 1.58. The smallest absolute Gasteiger partial charge is 0.261 e. The van der Waals surface area contributed by atoms with Crippen LogP contribution in [0.3, 0.4) is 0 Å². The van der Waals surface area contributed by atoms with Gasteiger partial charge < -0.3 is 5.32 Å². The number of rotatable bonds is 4. The van der Waals surface area contributed by atoms with Crippen LogP contribution in [0.2, 0.25) is 0 Å². The van der Waals surface area contributed by atoms with Crippen molar-refractivity contribution < 1.29 is 4.79 Å². The quantitative estimate of drug-likeness (QED) is 0.765. The molecule has 0 spiro atoms. The molecule has 0 bridgehead atoms. The van der Waals surface area contributed by atoms with Gasteiger partial charge in [0.2, 0.25) is 0 Å². The topological polar surface area (TPSA) is 86.8 Å². The summed E-state index contributed by atoms with van der Waals surface area (Å²) in [5.74, 6) is 0.572. The first-order valence-corrected chi connectivity index (χ1v) is 8.26. The summed E-state index contributed by atoms with van der Waals surface area (Å²) in [7, 11) is 0. The van der Waals surface area contributed by atoms with E-state index in [0.717, 1.165) is 29.8 Å². The SMILES string of the molecule is O=C(c1ccccc1NCc1cccnc1)N1CCCc2n[nH]nc21. The summed E-state index contributed by atoms with van der Waals surface area (Å²) in [6, 6.07) is 11.4. The second-order valence-electron chi connectivity index (χ2n) is 5.91. The van der Waals surface area contributed by atoms with Crippen molar-refractivity contribution in [2.24, 2.45) is 0 Å². The molecule has 1 aliphatic rings. The van der Waals surface area contributed by atoms with E-state index in [1.807, 2.05) is 42.6 Å². The van der Waals surface area contributed by atoms with Crippen LogP contribution in [0, 0.1) is 0 Å². The fourth-order valence-electron chi connectivity index (χ4n) is 3.01. The monoisotopic (exact) mass is 334 g/mol. The van der Waals surface area contributed by atoms with Crippen LogP contribution in [0.25, 0.3) is 0 Å². The summed E-state index contributed by atoms with van der Waals surface area (Å²) in [4.78, 5) is 18.9. The Morgan fingerprint density at radius 3 is 3.00 bits per heavy atom. The van der Waals surface area contributed by atoms with E-state index < -0.39 is 0 Å². The number of para-hydroxylation sites is 1. The number of aromatic nitrogens is 4. The highest BCUT2D eigenvalue weighted by Gasteiger charge is 2.28. The molecular formula is C18H18N6O. The van der Waals surface area contributed by atoms with Gasteiger partial charge in [0.05, 0.1) is 5.56 Å². The largest absolute Gasteiger partial charge is 0.380 e. The second-order valence-corrected chi connectivity index (χ2v) is 5.91. The number of fused-ring (bicyclic) bond motifs is 1. The molecule has 0 fully saturated rings. The maximum Gasteiger partial charge on any atom is 0.261 e. The van der Waals surface area contributed by atoms with Gasteiger partial charge in [-0.05, 0) is 36.6 Å². The minimum Gasteiger partial charge on any atom is -0.380 e. The minimum absolute atomic E-state index is 0.0656. The van der Waals surface area contributed by atoms with Crippen LogP contribution in [0.4, 0.5) is 11.5 Å². The molecule has 126 valence electrons. The van der Waals surface area contributed by atoms with Crippen molar-refractivity contribution in [3.63, 3.8) is 0 Å². The lowest BCUT2D eigenvalue weighted by molar-refractivity contribution is 0.0985. The van der Waals surface area contributed by atoms with Gasteiger partial charge in [0.25, 0.3) is 5.91 Å². The number of benzene rings is 1. The van der Waals surface area contributed by atoms with Crippen molar-refractivity contribution in [3.05, 3.63) is 65.6 Å². The summed E-state index contributed by atoms with van der Waals surface area (Å²) in [6.45, 7) is 1.25. The summed E-state index contributed by atoms with van der Waals surface area (Å²) in [6.07, 6.45) is 5.28. The van der Waals surface area contributed by atoms with Crippen molar-refractivity contribution in [1.82, 2.24) is 20.4 Å². The lowest BCUT2D eigenvalue weighted by Gasteiger charge is -2.25. The van der Waals surface area contributed by atoms with Gasteiger partial charge in [0.1, 0.15) is 5.69 Å². The number of hydrogen-bond acceptors (Lipinski definition) is 5. The van der Waals surface area contributed by atoms with Crippen LogP contribution in [-0.2, 0) is 13.0 Å². The molecule has 0 radical (unpaired) electrons. The van der Waals surface area contributed by atoms with Gasteiger partial charge in [-0.3, -0.25) is 14.7 Å². The Morgan fingerprint density at radius 2 is 2.12 bits per heavy atom. The highest BCUT2D eigenvalue weighted by molar-refractivity contribution is 6.09. The number of carbonyl (C=O) groups is 1. The van der Waals surface area contributed by atoms with E-state index in [9.17, 15) is 4.79 Å². The Kier molecular flexibility index (Phi) is 4.12. The number of H-pyrrole nitrogens is 1. The van der Waals surface area contributed by atoms with Crippen LogP contribution >= 0.6 is 0 Å². The third-order valence-electron chi connectivity index (χ3n) is 4.26. The third kappa shape index (κ3) is 3.08. The average Bonchev–Trinajstić information content (AvgIpc) is 3.16. The van der Waals surface area contributed by atoms with Gasteiger partial charge in [-0.15, -0.1) is 5.10 Å². The zero-order chi connectivity index (χ0) is 17.1. The molecule has 25 heavy (non-hydrogen) atoms. The van der Waals surface area contributed by atoms with Crippen LogP contribution in [0.1, 0.15) is 28.0 Å². The highest BCUT2D eigenvalue weighted by Crippen LogP contribution is 2.26. The molecule has 7 nitrogen and oxygen atoms in total. The predicted octanol–water partition coefficient (Wildman–Crippen LogP) is 2.40. The van der Waals surface area contributed by atoms with Gasteiger partial charge in [-0.2, -0.15) is 10.3 Å². The van der Waals surface area contributed by atoms with E-state index in [0.29, 0.717) is 24.5 Å². The third-order valence-corrected chi connectivity index (χ3v) is 4.26. The van der Waals surface area contributed by atoms with Crippen molar-refractivity contribution in [2.45, 2.75) is 19.4 Å². The molecule has 2 N–H and O–H groups in total. The van der Waals surface area contributed by atoms with Crippen molar-refractivity contribution in [3.8, 4) is 0 Å². The van der Waals surface area contributed by atoms with Crippen LogP contribution < -0.4 is 10.2 Å². The summed E-state index contributed by atoms with van der Waals surface area (Å²) < 4.78 is 0. The Morgan fingerprint density at radius 1 is 1.20 bits per heavy atom. The van der Waals surface area contributed by atoms with Gasteiger partial charge in [-0.1, -0.05) is 18.2 Å². The van der Waals surface area contributed by atoms with Crippen molar-refractivity contribution in [2.75, 3.05) is 16.8 Å². The number of nitrogens with one attached hydrogen (secondary N) is 2. The molecule has 3 heterocycles. The Hall–Kier alpha value is -3.22. The predicted molar refractivity (Wildman–Crippen MR) is 94.4 cm³/mol. The molecule has 0 saturated heterocycles. The molecule has 0 aliphatic carbocycles. The lowest BCUT2D eigenvalue weighted by Crippen LogP contribution is -2.36. The zero-order valence-corrected chi connectivity index (χ0v) is 13.6. The van der Waals surface area contributed by atoms with Crippen LogP contribution in [0.5, 0.6) is 0 Å². The Labute approximate surface area is 145 Å². The molecule has 0 saturated carbocycles. The number of aromatic amines is 1. The zero-order valence-electron chi connectivity index (χ0n) is 13.6. The normalized spacial score (nSPS) is 13.4. The number of amides is 1. The van der Waals surface area contributed by atoms with Gasteiger partial charge >= 0.3 is 0 Å². The van der Waals surface area contributed by atoms with Crippen molar-refractivity contribution >= 4 is 17.4 Å². The molecular weight excluding hydrogens is 316 g/mol. The number of aryl methyl sites for hydroxylation is 1. The molecule has 4 rings (SSSR count). The molecule has 1 aliphatic heterocycles. The highest BCUT2D eigenvalue weighted by atomic mass is 16.2. The standard InChI is InChI=1S/C18H18N6O/c25-18(24-10-4-8-16-17(24)22-23-21-16)14-6-1-2-7-15(14)20-12-13-5-3-9-19-11-13/h1-3,5-7,9,11,20H,4,8,10,12H2,(H,21,22,23). The van der Waals surface area contributed by atoms with E-state index >= 15 is 0 Å². The minimum atomic E-state index is -0.0656. The van der Waals surface area contributed by atoms with E-state index in [4.69, 9.17) is 0 Å². The first-order chi connectivity index (χ1) is 12.3. The van der Waals surface area contributed by atoms with Gasteiger partial charge in [0.15, 0.2) is 5.82 Å². The van der Waals surface area contributed by atoms with E-state index in [2.05, 4.69) is 25.7 Å². The van der Waals surface area contributed by atoms with Crippen molar-refractivity contribution in [1.29, 1.82) is 0 Å². The molecule has 1 aromatic carbocycles. The fraction of sp³-hybridized carbons (Fsp3) is 0.222. The summed E-state index contributed by atoms with van der Waals surface area (Å²) in [5, 5.41) is 14.2. The van der Waals surface area contributed by atoms with Gasteiger partial charge in [0, 0.05) is 31.2 Å². The fourth-order valence-corrected chi connectivity index (χ4v) is 3.01. The molecule has 0 unspecified atom stereocenters. The maximum atomic E-state index is 13.1. The molecule has 7 heteroatoms. The van der Waals surface area contributed by atoms with E-state index in [-0.39, 0.29) is 5.91 Å². The second kappa shape index (κ2) is 6.72. The first kappa shape index (κ1) is 15.3. The number of carbonyl (C=O) groups excluding carboxylic acids is 1. The van der Waals surface area contributed by atoms with Crippen LogP contribution in [0.15, 0.2) is 48.8 Å². The molecule has 3 aromatic rings. The van der Waals surface area contributed by atoms with Crippen LogP contribution in [-0.4, -0.2) is 32.8 Å². The number of pyridine rings is 1. The van der Waals surface area contributed by atoms with E-state index in [1.165, 1.54) is 0 Å². The van der Waals surface area contributed by atoms with Gasteiger partial charge in [-0.25, -0.2) is 0 Å². The number of nitrogens with zero attached hydrogens (tertiary/aromatic N) is 4. The average molecular weight is 334 g/mol. The van der Waals surface area contributed by atoms with E-state index in [1.54, 1.807) is 11.1 Å². The number of hydrogen-bond donors (Lipinski definition) is 2. The maximum absolute atomic E-state index is 13.1. The Bertz CT molecular complexity index is 876. The molecule has 1 amide bonds. The summed E-state index contributed by atoms with van der Waals surface area (Å²) >= 11 is 0. The molecule has 0 atom stereocenters. The summed E-state index contributed by atoms with van der Waals surface area (Å²) in [5.41, 5.74) is 3.33. The molecule has 2 aromatic heterocycles. The number of anilines is 2. The lowest BCUT2D eigenvalue weighted by atomic mass is 10.1. The first-order valence-electron chi connectivity index (χ1n) is 8.26.